The molecule has 0 aromatic carbocycles. The van der Waals surface area contributed by atoms with Crippen LogP contribution in [-0.2, 0) is 19.9 Å². The van der Waals surface area contributed by atoms with Gasteiger partial charge in [-0.05, 0) is 6.92 Å². The van der Waals surface area contributed by atoms with Crippen LogP contribution < -0.4 is 5.73 Å². The van der Waals surface area contributed by atoms with Gasteiger partial charge in [-0.3, -0.25) is 13.9 Å². The first-order valence-electron chi connectivity index (χ1n) is 2.71. The van der Waals surface area contributed by atoms with E-state index in [0.29, 0.717) is 0 Å². The quantitative estimate of drug-likeness (QED) is 0.361. The third-order valence-corrected chi connectivity index (χ3v) is 0.573. The summed E-state index contributed by atoms with van der Waals surface area (Å²) in [6, 6.07) is -0.495. The number of esters is 1. The molecule has 12 heavy (non-hydrogen) atoms. The molecule has 0 aliphatic heterocycles. The van der Waals surface area contributed by atoms with E-state index in [0.717, 1.165) is 0 Å². The Hall–Kier alpha value is -0.700. The topological polar surface area (TPSA) is 127 Å². The Morgan fingerprint density at radius 1 is 1.50 bits per heavy atom. The zero-order valence-electron chi connectivity index (χ0n) is 6.59. The van der Waals surface area contributed by atoms with Crippen LogP contribution in [0.2, 0.25) is 0 Å². The number of hydrogen-bond donors (Lipinski definition) is 3. The van der Waals surface area contributed by atoms with Gasteiger partial charge in [-0.15, -0.1) is 0 Å². The summed E-state index contributed by atoms with van der Waals surface area (Å²) in [4.78, 5) is 10.2. The number of nitrogens with two attached hydrogens (primary N) is 1. The van der Waals surface area contributed by atoms with Gasteiger partial charge in [0.2, 0.25) is 0 Å². The second-order valence-corrected chi connectivity index (χ2v) is 2.66. The van der Waals surface area contributed by atoms with Crippen molar-refractivity contribution < 1.29 is 27.1 Å². The minimum absolute atomic E-state index is 0.375. The van der Waals surface area contributed by atoms with Gasteiger partial charge in [0.1, 0.15) is 6.04 Å². The van der Waals surface area contributed by atoms with Crippen molar-refractivity contribution in [2.45, 2.75) is 13.0 Å². The SMILES string of the molecule is COC(=O)C(C)N.O=S(=O)(O)O. The van der Waals surface area contributed by atoms with Crippen molar-refractivity contribution in [2.75, 3.05) is 7.11 Å². The molecule has 0 aromatic rings. The van der Waals surface area contributed by atoms with E-state index in [9.17, 15) is 4.79 Å². The molecule has 0 radical (unpaired) electrons. The monoisotopic (exact) mass is 201 g/mol. The summed E-state index contributed by atoms with van der Waals surface area (Å²) in [5.41, 5.74) is 5.07. The Morgan fingerprint density at radius 2 is 1.75 bits per heavy atom. The van der Waals surface area contributed by atoms with Crippen LogP contribution in [0.4, 0.5) is 0 Å². The Bertz CT molecular complexity index is 212. The van der Waals surface area contributed by atoms with Crippen LogP contribution in [-0.4, -0.2) is 36.6 Å². The first-order valence-corrected chi connectivity index (χ1v) is 4.11. The van der Waals surface area contributed by atoms with Crippen LogP contribution in [0.5, 0.6) is 0 Å². The van der Waals surface area contributed by atoms with Gasteiger partial charge in [-0.25, -0.2) is 0 Å². The summed E-state index contributed by atoms with van der Waals surface area (Å²) in [6.45, 7) is 1.58. The number of methoxy groups -OCH3 is 1. The van der Waals surface area contributed by atoms with E-state index in [1.54, 1.807) is 6.92 Å². The van der Waals surface area contributed by atoms with E-state index in [-0.39, 0.29) is 5.97 Å². The Morgan fingerprint density at radius 3 is 1.75 bits per heavy atom. The lowest BCUT2D eigenvalue weighted by atomic mass is 10.4. The van der Waals surface area contributed by atoms with E-state index >= 15 is 0 Å². The summed E-state index contributed by atoms with van der Waals surface area (Å²) < 4.78 is 35.8. The molecule has 0 aliphatic rings. The largest absolute Gasteiger partial charge is 0.468 e. The van der Waals surface area contributed by atoms with E-state index < -0.39 is 16.4 Å². The van der Waals surface area contributed by atoms with E-state index in [4.69, 9.17) is 23.3 Å². The highest BCUT2D eigenvalue weighted by atomic mass is 32.3. The van der Waals surface area contributed by atoms with Crippen molar-refractivity contribution in [3.63, 3.8) is 0 Å². The molecule has 74 valence electrons. The van der Waals surface area contributed by atoms with Gasteiger partial charge >= 0.3 is 16.4 Å². The maximum atomic E-state index is 10.2. The summed E-state index contributed by atoms with van der Waals surface area (Å²) >= 11 is 0. The predicted molar refractivity (Wildman–Crippen MR) is 39.8 cm³/mol. The van der Waals surface area contributed by atoms with Gasteiger partial charge < -0.3 is 10.5 Å². The number of rotatable bonds is 1. The first kappa shape index (κ1) is 13.9. The average molecular weight is 201 g/mol. The van der Waals surface area contributed by atoms with Gasteiger partial charge in [0, 0.05) is 0 Å². The second-order valence-electron chi connectivity index (χ2n) is 1.76. The average Bonchev–Trinajstić information content (AvgIpc) is 1.82. The number of ether oxygens (including phenoxy) is 1. The Balaban J connectivity index is 0. The van der Waals surface area contributed by atoms with Crippen LogP contribution in [0, 0.1) is 0 Å². The van der Waals surface area contributed by atoms with Crippen LogP contribution in [0.1, 0.15) is 6.92 Å². The van der Waals surface area contributed by atoms with Crippen LogP contribution in [0.15, 0.2) is 0 Å². The molecule has 0 rings (SSSR count). The highest BCUT2D eigenvalue weighted by Gasteiger charge is 2.03. The van der Waals surface area contributed by atoms with E-state index in [1.165, 1.54) is 7.11 Å². The maximum absolute atomic E-state index is 10.2. The number of carbonyl (C=O) groups excluding carboxylic acids is 1. The summed E-state index contributed by atoms with van der Waals surface area (Å²) in [6.07, 6.45) is 0. The molecule has 1 unspecified atom stereocenters. The third kappa shape index (κ3) is 22.8. The van der Waals surface area contributed by atoms with Gasteiger partial charge in [0.05, 0.1) is 7.11 Å². The van der Waals surface area contributed by atoms with Crippen LogP contribution in [0.25, 0.3) is 0 Å². The van der Waals surface area contributed by atoms with Gasteiger partial charge in [-0.2, -0.15) is 8.42 Å². The zero-order valence-corrected chi connectivity index (χ0v) is 7.41. The molecular formula is C4H11NO6S. The fourth-order valence-corrected chi connectivity index (χ4v) is 0.186. The molecule has 7 nitrogen and oxygen atoms in total. The van der Waals surface area contributed by atoms with E-state index in [2.05, 4.69) is 4.74 Å². The molecule has 0 saturated heterocycles. The summed E-state index contributed by atoms with van der Waals surface area (Å²) in [7, 11) is -3.36. The van der Waals surface area contributed by atoms with Crippen molar-refractivity contribution in [2.24, 2.45) is 5.73 Å². The lowest BCUT2D eigenvalue weighted by Crippen LogP contribution is -2.27. The van der Waals surface area contributed by atoms with Crippen LogP contribution >= 0.6 is 0 Å². The van der Waals surface area contributed by atoms with Crippen molar-refractivity contribution in [3.05, 3.63) is 0 Å². The Kier molecular flexibility index (Phi) is 6.80. The van der Waals surface area contributed by atoms with E-state index in [1.807, 2.05) is 0 Å². The molecule has 0 spiro atoms. The van der Waals surface area contributed by atoms with Crippen molar-refractivity contribution in [1.82, 2.24) is 0 Å². The molecule has 0 amide bonds. The molecule has 0 aliphatic carbocycles. The van der Waals surface area contributed by atoms with Gasteiger partial charge in [0.25, 0.3) is 0 Å². The number of carbonyl (C=O) groups is 1. The Labute approximate surface area is 70.1 Å². The minimum Gasteiger partial charge on any atom is -0.468 e. The molecule has 1 atom stereocenters. The lowest BCUT2D eigenvalue weighted by molar-refractivity contribution is -0.141. The summed E-state index contributed by atoms with van der Waals surface area (Å²) in [5, 5.41) is 0. The lowest BCUT2D eigenvalue weighted by Gasteiger charge is -1.98. The molecule has 0 bridgehead atoms. The normalized spacial score (nSPS) is 12.4. The molecular weight excluding hydrogens is 190 g/mol. The van der Waals surface area contributed by atoms with Crippen molar-refractivity contribution >= 4 is 16.4 Å². The zero-order chi connectivity index (χ0) is 10.4. The highest BCUT2D eigenvalue weighted by molar-refractivity contribution is 7.79. The van der Waals surface area contributed by atoms with Crippen molar-refractivity contribution in [1.29, 1.82) is 0 Å². The molecule has 8 heteroatoms. The minimum atomic E-state index is -4.67. The maximum Gasteiger partial charge on any atom is 0.394 e. The molecule has 0 saturated carbocycles. The highest BCUT2D eigenvalue weighted by Crippen LogP contribution is 1.76. The summed E-state index contributed by atoms with van der Waals surface area (Å²) in [5.74, 6) is -0.375. The first-order chi connectivity index (χ1) is 5.18. The molecule has 0 aromatic heterocycles. The third-order valence-electron chi connectivity index (χ3n) is 0.573. The van der Waals surface area contributed by atoms with Crippen molar-refractivity contribution in [3.8, 4) is 0 Å². The fourth-order valence-electron chi connectivity index (χ4n) is 0.186. The predicted octanol–water partition coefficient (Wildman–Crippen LogP) is -1.15. The number of hydrogen-bond acceptors (Lipinski definition) is 5. The molecule has 0 heterocycles. The van der Waals surface area contributed by atoms with Crippen LogP contribution in [0.3, 0.4) is 0 Å². The molecule has 0 fully saturated rings. The second kappa shape index (κ2) is 5.89. The fraction of sp³-hybridized carbons (Fsp3) is 0.750. The van der Waals surface area contributed by atoms with Gasteiger partial charge in [-0.1, -0.05) is 0 Å². The smallest absolute Gasteiger partial charge is 0.394 e. The standard InChI is InChI=1S/C4H9NO2.H2O4S/c1-3(5)4(6)7-2;1-5(2,3)4/h3H,5H2,1-2H3;(H2,1,2,3,4). The van der Waals surface area contributed by atoms with Gasteiger partial charge in [0.15, 0.2) is 0 Å². The molecule has 4 N–H and O–H groups in total.